The van der Waals surface area contributed by atoms with Crippen LogP contribution in [-0.2, 0) is 14.3 Å². The van der Waals surface area contributed by atoms with E-state index >= 15 is 0 Å². The Labute approximate surface area is 192 Å². The van der Waals surface area contributed by atoms with Crippen molar-refractivity contribution in [3.63, 3.8) is 0 Å². The Kier molecular flexibility index (Phi) is 5.35. The number of carbonyl (C=O) groups excluding carboxylic acids is 2. The number of fused-ring (bicyclic) bond motifs is 4. The first-order valence-corrected chi connectivity index (χ1v) is 11.6. The fraction of sp³-hybridized carbons (Fsp3) is 0.423. The van der Waals surface area contributed by atoms with Gasteiger partial charge in [0.2, 0.25) is 5.91 Å². The summed E-state index contributed by atoms with van der Waals surface area (Å²) in [5.41, 5.74) is 3.43. The van der Waals surface area contributed by atoms with Crippen LogP contribution in [0.4, 0.5) is 4.79 Å². The Bertz CT molecular complexity index is 1070. The number of nitrogens with one attached hydrogen (secondary N) is 1. The van der Waals surface area contributed by atoms with Crippen LogP contribution in [-0.4, -0.2) is 52.7 Å². The third-order valence-electron chi connectivity index (χ3n) is 7.47. The van der Waals surface area contributed by atoms with Crippen molar-refractivity contribution in [3.8, 4) is 11.1 Å². The number of nitrogens with zero attached hydrogens (tertiary/aromatic N) is 1. The lowest BCUT2D eigenvalue weighted by atomic mass is 9.98. The van der Waals surface area contributed by atoms with Crippen molar-refractivity contribution < 1.29 is 24.2 Å². The number of carboxylic acids is 1. The highest BCUT2D eigenvalue weighted by Gasteiger charge is 2.67. The van der Waals surface area contributed by atoms with Gasteiger partial charge in [-0.1, -0.05) is 55.5 Å². The smallest absolute Gasteiger partial charge is 0.407 e. The van der Waals surface area contributed by atoms with Crippen LogP contribution in [0, 0.1) is 5.92 Å². The molecule has 0 aromatic heterocycles. The molecule has 172 valence electrons. The molecule has 33 heavy (non-hydrogen) atoms. The predicted octanol–water partition coefficient (Wildman–Crippen LogP) is 3.77. The normalized spacial score (nSPS) is 23.7. The average Bonchev–Trinajstić information content (AvgIpc) is 3.52. The number of ether oxygens (including phenoxy) is 1. The number of hydrogen-bond acceptors (Lipinski definition) is 4. The summed E-state index contributed by atoms with van der Waals surface area (Å²) in [6.07, 6.45) is 1.81. The molecule has 0 spiro atoms. The van der Waals surface area contributed by atoms with Crippen molar-refractivity contribution in [2.45, 2.75) is 50.1 Å². The first kappa shape index (κ1) is 21.5. The molecular weight excluding hydrogens is 420 g/mol. The lowest BCUT2D eigenvalue weighted by Gasteiger charge is -2.36. The van der Waals surface area contributed by atoms with Crippen molar-refractivity contribution in [3.05, 3.63) is 59.7 Å². The maximum Gasteiger partial charge on any atom is 0.407 e. The van der Waals surface area contributed by atoms with Crippen LogP contribution >= 0.6 is 0 Å². The maximum absolute atomic E-state index is 13.2. The first-order valence-electron chi connectivity index (χ1n) is 11.6. The molecule has 2 aliphatic carbocycles. The van der Waals surface area contributed by atoms with Crippen LogP contribution < -0.4 is 5.32 Å². The van der Waals surface area contributed by atoms with E-state index in [1.807, 2.05) is 36.4 Å². The molecule has 2 amide bonds. The van der Waals surface area contributed by atoms with E-state index in [1.165, 1.54) is 4.90 Å². The number of likely N-dealkylation sites (tertiary alicyclic amines) is 1. The molecule has 2 aromatic rings. The van der Waals surface area contributed by atoms with E-state index in [0.717, 1.165) is 35.1 Å². The van der Waals surface area contributed by atoms with Crippen LogP contribution in [0.15, 0.2) is 48.5 Å². The summed E-state index contributed by atoms with van der Waals surface area (Å²) in [6, 6.07) is 15.4. The molecule has 1 aliphatic heterocycles. The zero-order valence-electron chi connectivity index (χ0n) is 18.6. The fourth-order valence-corrected chi connectivity index (χ4v) is 5.68. The van der Waals surface area contributed by atoms with Crippen LogP contribution in [0.5, 0.6) is 0 Å². The second-order valence-corrected chi connectivity index (χ2v) is 9.19. The van der Waals surface area contributed by atoms with Crippen molar-refractivity contribution >= 4 is 18.0 Å². The molecule has 7 heteroatoms. The highest BCUT2D eigenvalue weighted by molar-refractivity contribution is 5.94. The van der Waals surface area contributed by atoms with Crippen molar-refractivity contribution in [2.24, 2.45) is 5.92 Å². The molecule has 0 bridgehead atoms. The Morgan fingerprint density at radius 2 is 1.76 bits per heavy atom. The zero-order valence-corrected chi connectivity index (χ0v) is 18.6. The maximum atomic E-state index is 13.2. The van der Waals surface area contributed by atoms with Gasteiger partial charge in [-0.3, -0.25) is 4.79 Å². The molecule has 0 radical (unpaired) electrons. The van der Waals surface area contributed by atoms with E-state index in [9.17, 15) is 19.5 Å². The summed E-state index contributed by atoms with van der Waals surface area (Å²) in [4.78, 5) is 39.2. The van der Waals surface area contributed by atoms with Gasteiger partial charge in [0, 0.05) is 12.5 Å². The van der Waals surface area contributed by atoms with Crippen molar-refractivity contribution in [1.29, 1.82) is 0 Å². The van der Waals surface area contributed by atoms with Crippen LogP contribution in [0.1, 0.15) is 49.7 Å². The summed E-state index contributed by atoms with van der Waals surface area (Å²) in [6.45, 7) is 2.37. The number of hydrogen-bond donors (Lipinski definition) is 2. The van der Waals surface area contributed by atoms with E-state index in [1.54, 1.807) is 6.92 Å². The first-order chi connectivity index (χ1) is 16.0. The largest absolute Gasteiger partial charge is 0.479 e. The van der Waals surface area contributed by atoms with Gasteiger partial charge in [-0.15, -0.1) is 0 Å². The second kappa shape index (κ2) is 8.21. The minimum atomic E-state index is -1.09. The standard InChI is InChI=1S/C26H28N2O5/c1-2-22(23(29)28-13-7-8-16-14-26(16,28)24(30)31)27-25(32)33-15-21-19-11-5-3-9-17(19)18-10-4-6-12-20(18)21/h3-6,9-12,16,21-22H,2,7-8,13-15H2,1H3,(H,27,32)(H,30,31). The summed E-state index contributed by atoms with van der Waals surface area (Å²) >= 11 is 0. The highest BCUT2D eigenvalue weighted by atomic mass is 16.5. The molecule has 2 N–H and O–H groups in total. The number of rotatable bonds is 6. The van der Waals surface area contributed by atoms with Gasteiger partial charge in [0.25, 0.3) is 0 Å². The lowest BCUT2D eigenvalue weighted by molar-refractivity contribution is -0.155. The third kappa shape index (κ3) is 3.46. The molecule has 2 fully saturated rings. The number of alkyl carbamates (subject to hydrolysis) is 1. The molecule has 1 saturated carbocycles. The van der Waals surface area contributed by atoms with E-state index in [4.69, 9.17) is 4.74 Å². The van der Waals surface area contributed by atoms with Crippen molar-refractivity contribution in [2.75, 3.05) is 13.2 Å². The topological polar surface area (TPSA) is 95.9 Å². The molecule has 7 nitrogen and oxygen atoms in total. The molecular formula is C26H28N2O5. The minimum Gasteiger partial charge on any atom is -0.479 e. The van der Waals surface area contributed by atoms with Gasteiger partial charge >= 0.3 is 12.1 Å². The summed E-state index contributed by atoms with van der Waals surface area (Å²) in [5, 5.41) is 12.4. The Balaban J connectivity index is 1.25. The van der Waals surface area contributed by atoms with Gasteiger partial charge < -0.3 is 20.1 Å². The monoisotopic (exact) mass is 448 g/mol. The van der Waals surface area contributed by atoms with Gasteiger partial charge in [0.15, 0.2) is 0 Å². The fourth-order valence-electron chi connectivity index (χ4n) is 5.68. The van der Waals surface area contributed by atoms with Gasteiger partial charge in [-0.25, -0.2) is 9.59 Å². The molecule has 2 aromatic carbocycles. The summed E-state index contributed by atoms with van der Waals surface area (Å²) in [7, 11) is 0. The van der Waals surface area contributed by atoms with Crippen molar-refractivity contribution in [1.82, 2.24) is 10.2 Å². The SMILES string of the molecule is CCC(NC(=O)OCC1c2ccccc2-c2ccccc21)C(=O)N1CCCC2CC21C(=O)O. The molecule has 1 saturated heterocycles. The van der Waals surface area contributed by atoms with E-state index in [0.29, 0.717) is 19.4 Å². The average molecular weight is 449 g/mol. The third-order valence-corrected chi connectivity index (χ3v) is 7.47. The van der Waals surface area contributed by atoms with E-state index < -0.39 is 23.6 Å². The molecule has 1 heterocycles. The molecule has 3 atom stereocenters. The quantitative estimate of drug-likeness (QED) is 0.701. The number of carbonyl (C=O) groups is 3. The zero-order chi connectivity index (χ0) is 23.2. The number of aliphatic carboxylic acids is 1. The Morgan fingerprint density at radius 1 is 1.12 bits per heavy atom. The number of piperidine rings is 1. The van der Waals surface area contributed by atoms with E-state index in [2.05, 4.69) is 17.4 Å². The summed E-state index contributed by atoms with van der Waals surface area (Å²) < 4.78 is 5.58. The lowest BCUT2D eigenvalue weighted by Crippen LogP contribution is -2.57. The van der Waals surface area contributed by atoms with Gasteiger partial charge in [0.05, 0.1) is 0 Å². The van der Waals surface area contributed by atoms with Crippen LogP contribution in [0.25, 0.3) is 11.1 Å². The molecule has 5 rings (SSSR count). The van der Waals surface area contributed by atoms with Crippen LogP contribution in [0.3, 0.4) is 0 Å². The van der Waals surface area contributed by atoms with Gasteiger partial charge in [0.1, 0.15) is 18.2 Å². The minimum absolute atomic E-state index is 0.0136. The number of carboxylic acid groups (broad SMARTS) is 1. The summed E-state index contributed by atoms with van der Waals surface area (Å²) in [5.74, 6) is -1.34. The number of amides is 2. The Morgan fingerprint density at radius 3 is 2.36 bits per heavy atom. The Hall–Kier alpha value is -3.35. The number of benzene rings is 2. The second-order valence-electron chi connectivity index (χ2n) is 9.19. The van der Waals surface area contributed by atoms with Crippen LogP contribution in [0.2, 0.25) is 0 Å². The van der Waals surface area contributed by atoms with Gasteiger partial charge in [-0.05, 0) is 53.9 Å². The molecule has 3 unspecified atom stereocenters. The highest BCUT2D eigenvalue weighted by Crippen LogP contribution is 2.54. The van der Waals surface area contributed by atoms with E-state index in [-0.39, 0.29) is 24.3 Å². The van der Waals surface area contributed by atoms with Gasteiger partial charge in [-0.2, -0.15) is 0 Å². The molecule has 3 aliphatic rings. The predicted molar refractivity (Wildman–Crippen MR) is 122 cm³/mol.